The maximum Gasteiger partial charge on any atom is 0.278 e. The van der Waals surface area contributed by atoms with Crippen molar-refractivity contribution in [3.63, 3.8) is 0 Å². The van der Waals surface area contributed by atoms with Crippen LogP contribution in [0.4, 0.5) is 4.39 Å². The van der Waals surface area contributed by atoms with E-state index in [-0.39, 0.29) is 5.82 Å². The maximum atomic E-state index is 12.8. The van der Waals surface area contributed by atoms with Crippen molar-refractivity contribution >= 4 is 0 Å². The topological polar surface area (TPSA) is 60.7 Å². The molecule has 0 heterocycles. The summed E-state index contributed by atoms with van der Waals surface area (Å²) in [5, 5.41) is 28.6. The Morgan fingerprint density at radius 2 is 1.38 bits per heavy atom. The number of benzene rings is 1. The zero-order valence-corrected chi connectivity index (χ0v) is 14.9. The summed E-state index contributed by atoms with van der Waals surface area (Å²) in [7, 11) is 0. The van der Waals surface area contributed by atoms with Gasteiger partial charge in [0.25, 0.3) is 5.97 Å². The highest BCUT2D eigenvalue weighted by Crippen LogP contribution is 2.25. The van der Waals surface area contributed by atoms with Crippen molar-refractivity contribution in [2.24, 2.45) is 5.92 Å². The fourth-order valence-corrected chi connectivity index (χ4v) is 3.07. The molecule has 0 saturated heterocycles. The van der Waals surface area contributed by atoms with Crippen LogP contribution in [0.1, 0.15) is 76.7 Å². The third kappa shape index (κ3) is 9.36. The first-order valence-electron chi connectivity index (χ1n) is 9.35. The van der Waals surface area contributed by atoms with Gasteiger partial charge in [-0.15, -0.1) is 0 Å². The minimum absolute atomic E-state index is 0.233. The van der Waals surface area contributed by atoms with E-state index in [1.807, 2.05) is 0 Å². The van der Waals surface area contributed by atoms with Crippen LogP contribution in [0.5, 0.6) is 0 Å². The maximum absolute atomic E-state index is 12.8. The summed E-state index contributed by atoms with van der Waals surface area (Å²) in [6.07, 6.45) is 10.6. The highest BCUT2D eigenvalue weighted by molar-refractivity contribution is 5.15. The van der Waals surface area contributed by atoms with Crippen LogP contribution in [0.25, 0.3) is 0 Å². The van der Waals surface area contributed by atoms with Gasteiger partial charge in [-0.25, -0.2) is 4.39 Å². The van der Waals surface area contributed by atoms with Gasteiger partial charge in [0, 0.05) is 5.92 Å². The van der Waals surface area contributed by atoms with Crippen LogP contribution in [0.3, 0.4) is 0 Å². The molecule has 3 N–H and O–H groups in total. The van der Waals surface area contributed by atoms with Gasteiger partial charge in [-0.2, -0.15) is 0 Å². The summed E-state index contributed by atoms with van der Waals surface area (Å²) in [5.74, 6) is -3.32. The standard InChI is InChI=1S/C20H33FO3/c1-2-3-4-5-6-7-11-18(20(22,23)24)12-9-8-10-17-13-15-19(21)16-14-17/h13-16,18,22-24H,2-12H2,1H3. The van der Waals surface area contributed by atoms with E-state index >= 15 is 0 Å². The molecule has 0 bridgehead atoms. The Bertz CT molecular complexity index is 426. The Morgan fingerprint density at radius 1 is 0.833 bits per heavy atom. The summed E-state index contributed by atoms with van der Waals surface area (Å²) < 4.78 is 12.8. The number of aryl methyl sites for hydroxylation is 1. The lowest BCUT2D eigenvalue weighted by Crippen LogP contribution is -2.37. The van der Waals surface area contributed by atoms with Crippen molar-refractivity contribution in [3.8, 4) is 0 Å². The van der Waals surface area contributed by atoms with Crippen molar-refractivity contribution in [2.45, 2.75) is 83.5 Å². The second kappa shape index (κ2) is 11.6. The molecule has 1 aromatic rings. The first-order valence-corrected chi connectivity index (χ1v) is 9.35. The molecular weight excluding hydrogens is 307 g/mol. The summed E-state index contributed by atoms with van der Waals surface area (Å²) >= 11 is 0. The molecule has 0 amide bonds. The highest BCUT2D eigenvalue weighted by atomic mass is 19.1. The summed E-state index contributed by atoms with van der Waals surface area (Å²) in [4.78, 5) is 0. The lowest BCUT2D eigenvalue weighted by Gasteiger charge is -2.26. The molecule has 1 aromatic carbocycles. The molecule has 24 heavy (non-hydrogen) atoms. The lowest BCUT2D eigenvalue weighted by molar-refractivity contribution is -0.344. The Labute approximate surface area is 145 Å². The summed E-state index contributed by atoms with van der Waals surface area (Å²) in [6, 6.07) is 6.46. The fourth-order valence-electron chi connectivity index (χ4n) is 3.07. The lowest BCUT2D eigenvalue weighted by atomic mass is 9.92. The van der Waals surface area contributed by atoms with Crippen LogP contribution in [-0.2, 0) is 6.42 Å². The number of hydrogen-bond acceptors (Lipinski definition) is 3. The average molecular weight is 340 g/mol. The van der Waals surface area contributed by atoms with E-state index in [1.165, 1.54) is 37.8 Å². The molecule has 1 rings (SSSR count). The smallest absolute Gasteiger partial charge is 0.278 e. The zero-order chi connectivity index (χ0) is 17.8. The van der Waals surface area contributed by atoms with Crippen LogP contribution in [0, 0.1) is 11.7 Å². The summed E-state index contributed by atoms with van der Waals surface area (Å²) in [6.45, 7) is 2.18. The average Bonchev–Trinajstić information content (AvgIpc) is 2.53. The van der Waals surface area contributed by atoms with Crippen LogP contribution in [-0.4, -0.2) is 21.3 Å². The van der Waals surface area contributed by atoms with Crippen LogP contribution in [0.2, 0.25) is 0 Å². The van der Waals surface area contributed by atoms with E-state index in [1.54, 1.807) is 12.1 Å². The monoisotopic (exact) mass is 340 g/mol. The molecule has 0 saturated carbocycles. The van der Waals surface area contributed by atoms with E-state index in [2.05, 4.69) is 6.92 Å². The number of halogens is 1. The third-order valence-corrected chi connectivity index (χ3v) is 4.64. The second-order valence-corrected chi connectivity index (χ2v) is 6.81. The van der Waals surface area contributed by atoms with Crippen molar-refractivity contribution in [3.05, 3.63) is 35.6 Å². The number of hydrogen-bond donors (Lipinski definition) is 3. The van der Waals surface area contributed by atoms with Gasteiger partial charge >= 0.3 is 0 Å². The van der Waals surface area contributed by atoms with Gasteiger partial charge in [-0.3, -0.25) is 0 Å². The molecule has 0 fully saturated rings. The molecule has 1 atom stereocenters. The van der Waals surface area contributed by atoms with Gasteiger partial charge < -0.3 is 15.3 Å². The van der Waals surface area contributed by atoms with Gasteiger partial charge in [-0.1, -0.05) is 64.0 Å². The number of rotatable bonds is 13. The third-order valence-electron chi connectivity index (χ3n) is 4.64. The van der Waals surface area contributed by atoms with Crippen molar-refractivity contribution in [1.82, 2.24) is 0 Å². The molecule has 0 aliphatic carbocycles. The van der Waals surface area contributed by atoms with E-state index in [0.717, 1.165) is 37.7 Å². The van der Waals surface area contributed by atoms with Gasteiger partial charge in [0.15, 0.2) is 0 Å². The quantitative estimate of drug-likeness (QED) is 0.365. The van der Waals surface area contributed by atoms with Gasteiger partial charge in [0.1, 0.15) is 5.82 Å². The van der Waals surface area contributed by atoms with Gasteiger partial charge in [0.05, 0.1) is 0 Å². The van der Waals surface area contributed by atoms with E-state index in [4.69, 9.17) is 0 Å². The molecule has 0 radical (unpaired) electrons. The Hall–Kier alpha value is -0.970. The second-order valence-electron chi connectivity index (χ2n) is 6.81. The minimum Gasteiger partial charge on any atom is -0.343 e. The minimum atomic E-state index is -2.58. The molecule has 0 aliphatic heterocycles. The largest absolute Gasteiger partial charge is 0.343 e. The first kappa shape index (κ1) is 21.1. The Kier molecular flexibility index (Phi) is 10.2. The number of unbranched alkanes of at least 4 members (excludes halogenated alkanes) is 6. The number of aliphatic hydroxyl groups is 3. The fraction of sp³-hybridized carbons (Fsp3) is 0.700. The molecular formula is C20H33FO3. The highest BCUT2D eigenvalue weighted by Gasteiger charge is 2.30. The molecule has 1 unspecified atom stereocenters. The van der Waals surface area contributed by atoms with Crippen molar-refractivity contribution < 1.29 is 19.7 Å². The van der Waals surface area contributed by atoms with Crippen molar-refractivity contribution in [1.29, 1.82) is 0 Å². The molecule has 4 heteroatoms. The molecule has 0 aromatic heterocycles. The van der Waals surface area contributed by atoms with Crippen LogP contribution >= 0.6 is 0 Å². The SMILES string of the molecule is CCCCCCCCC(CCCCc1ccc(F)cc1)C(O)(O)O. The van der Waals surface area contributed by atoms with Crippen LogP contribution < -0.4 is 0 Å². The Balaban J connectivity index is 2.24. The predicted molar refractivity (Wildman–Crippen MR) is 94.8 cm³/mol. The molecule has 0 aliphatic rings. The predicted octanol–water partition coefficient (Wildman–Crippen LogP) is 4.54. The van der Waals surface area contributed by atoms with E-state index in [9.17, 15) is 19.7 Å². The van der Waals surface area contributed by atoms with Gasteiger partial charge in [-0.05, 0) is 43.4 Å². The summed E-state index contributed by atoms with van der Waals surface area (Å²) in [5.41, 5.74) is 1.08. The van der Waals surface area contributed by atoms with Crippen molar-refractivity contribution in [2.75, 3.05) is 0 Å². The first-order chi connectivity index (χ1) is 11.4. The zero-order valence-electron chi connectivity index (χ0n) is 14.9. The molecule has 3 nitrogen and oxygen atoms in total. The van der Waals surface area contributed by atoms with E-state index in [0.29, 0.717) is 12.8 Å². The van der Waals surface area contributed by atoms with Gasteiger partial charge in [0.2, 0.25) is 0 Å². The molecule has 0 spiro atoms. The molecule has 138 valence electrons. The van der Waals surface area contributed by atoms with Crippen LogP contribution in [0.15, 0.2) is 24.3 Å². The normalized spacial score (nSPS) is 13.2. The van der Waals surface area contributed by atoms with E-state index < -0.39 is 11.9 Å². The Morgan fingerprint density at radius 3 is 1.96 bits per heavy atom.